The molecule has 0 saturated carbocycles. The van der Waals surface area contributed by atoms with Gasteiger partial charge in [-0.25, -0.2) is 0 Å². The molecule has 94 valence electrons. The first-order valence-corrected chi connectivity index (χ1v) is 5.85. The Balaban J connectivity index is 2.08. The Hall–Kier alpha value is -1.26. The zero-order valence-electron chi connectivity index (χ0n) is 10.4. The van der Waals surface area contributed by atoms with Gasteiger partial charge in [0.15, 0.2) is 0 Å². The number of methoxy groups -OCH3 is 2. The van der Waals surface area contributed by atoms with Crippen LogP contribution in [-0.4, -0.2) is 40.0 Å². The fraction of sp³-hybridized carbons (Fsp3) is 0.538. The Kier molecular flexibility index (Phi) is 4.23. The summed E-state index contributed by atoms with van der Waals surface area (Å²) in [6.45, 7) is 2.48. The van der Waals surface area contributed by atoms with Crippen LogP contribution in [0.25, 0.3) is 0 Å². The first kappa shape index (κ1) is 12.2. The van der Waals surface area contributed by atoms with Crippen molar-refractivity contribution >= 4 is 0 Å². The van der Waals surface area contributed by atoms with Crippen LogP contribution < -0.4 is 14.8 Å². The van der Waals surface area contributed by atoms with E-state index in [1.165, 1.54) is 5.56 Å². The van der Waals surface area contributed by atoms with E-state index >= 15 is 0 Å². The smallest absolute Gasteiger partial charge is 0.125 e. The average Bonchev–Trinajstić information content (AvgIpc) is 2.40. The molecule has 1 N–H and O–H groups in total. The van der Waals surface area contributed by atoms with Gasteiger partial charge in [0.2, 0.25) is 0 Å². The van der Waals surface area contributed by atoms with Gasteiger partial charge in [0.05, 0.1) is 27.4 Å². The molecule has 1 unspecified atom stereocenters. The van der Waals surface area contributed by atoms with Gasteiger partial charge in [0.25, 0.3) is 0 Å². The van der Waals surface area contributed by atoms with Gasteiger partial charge in [-0.05, 0) is 18.1 Å². The molecule has 1 aromatic carbocycles. The standard InChI is InChI=1S/C13H19NO3/c1-15-12-4-3-10(13(8-12)16-2)7-11-9-17-6-5-14-11/h3-4,8,11,14H,5-7,9H2,1-2H3. The molecule has 0 aromatic heterocycles. The monoisotopic (exact) mass is 237 g/mol. The zero-order valence-corrected chi connectivity index (χ0v) is 10.4. The van der Waals surface area contributed by atoms with Gasteiger partial charge >= 0.3 is 0 Å². The van der Waals surface area contributed by atoms with E-state index in [0.29, 0.717) is 6.04 Å². The largest absolute Gasteiger partial charge is 0.497 e. The minimum absolute atomic E-state index is 0.367. The van der Waals surface area contributed by atoms with E-state index < -0.39 is 0 Å². The van der Waals surface area contributed by atoms with E-state index in [1.807, 2.05) is 18.2 Å². The van der Waals surface area contributed by atoms with Crippen LogP contribution in [0.15, 0.2) is 18.2 Å². The van der Waals surface area contributed by atoms with E-state index in [9.17, 15) is 0 Å². The predicted molar refractivity (Wildman–Crippen MR) is 65.9 cm³/mol. The Bertz CT molecular complexity index is 362. The summed E-state index contributed by atoms with van der Waals surface area (Å²) in [5.74, 6) is 1.69. The van der Waals surface area contributed by atoms with Crippen molar-refractivity contribution in [2.75, 3.05) is 34.0 Å². The normalized spacial score (nSPS) is 20.0. The van der Waals surface area contributed by atoms with Crippen LogP contribution in [0.3, 0.4) is 0 Å². The van der Waals surface area contributed by atoms with Crippen molar-refractivity contribution in [1.29, 1.82) is 0 Å². The van der Waals surface area contributed by atoms with Gasteiger partial charge in [-0.1, -0.05) is 6.07 Å². The third kappa shape index (κ3) is 3.11. The summed E-state index contributed by atoms with van der Waals surface area (Å²) in [6, 6.07) is 6.29. The van der Waals surface area contributed by atoms with Crippen LogP contribution in [0.5, 0.6) is 11.5 Å². The van der Waals surface area contributed by atoms with Crippen LogP contribution in [0, 0.1) is 0 Å². The summed E-state index contributed by atoms with van der Waals surface area (Å²) < 4.78 is 16.0. The number of morpholine rings is 1. The summed E-state index contributed by atoms with van der Waals surface area (Å²) in [6.07, 6.45) is 0.910. The molecule has 1 aliphatic heterocycles. The van der Waals surface area contributed by atoms with Gasteiger partial charge in [-0.3, -0.25) is 0 Å². The Morgan fingerprint density at radius 2 is 2.24 bits per heavy atom. The Morgan fingerprint density at radius 1 is 1.35 bits per heavy atom. The van der Waals surface area contributed by atoms with Crippen molar-refractivity contribution in [2.45, 2.75) is 12.5 Å². The number of hydrogen-bond acceptors (Lipinski definition) is 4. The van der Waals surface area contributed by atoms with Crippen molar-refractivity contribution in [3.8, 4) is 11.5 Å². The fourth-order valence-corrected chi connectivity index (χ4v) is 2.04. The van der Waals surface area contributed by atoms with E-state index in [-0.39, 0.29) is 0 Å². The molecule has 0 radical (unpaired) electrons. The number of nitrogens with one attached hydrogen (secondary N) is 1. The molecule has 4 nitrogen and oxygen atoms in total. The van der Waals surface area contributed by atoms with Crippen LogP contribution in [0.1, 0.15) is 5.56 Å². The van der Waals surface area contributed by atoms with Gasteiger partial charge in [-0.2, -0.15) is 0 Å². The quantitative estimate of drug-likeness (QED) is 0.855. The molecule has 2 rings (SSSR count). The maximum Gasteiger partial charge on any atom is 0.125 e. The van der Waals surface area contributed by atoms with Gasteiger partial charge in [-0.15, -0.1) is 0 Å². The molecule has 0 spiro atoms. The third-order valence-electron chi connectivity index (χ3n) is 2.96. The Labute approximate surface area is 102 Å². The van der Waals surface area contributed by atoms with E-state index in [0.717, 1.165) is 37.7 Å². The van der Waals surface area contributed by atoms with Crippen LogP contribution in [0.4, 0.5) is 0 Å². The maximum atomic E-state index is 5.44. The lowest BCUT2D eigenvalue weighted by Gasteiger charge is -2.24. The summed E-state index contributed by atoms with van der Waals surface area (Å²) in [7, 11) is 3.34. The molecular formula is C13H19NO3. The summed E-state index contributed by atoms with van der Waals surface area (Å²) in [4.78, 5) is 0. The zero-order chi connectivity index (χ0) is 12.1. The topological polar surface area (TPSA) is 39.7 Å². The van der Waals surface area contributed by atoms with Crippen LogP contribution in [-0.2, 0) is 11.2 Å². The first-order valence-electron chi connectivity index (χ1n) is 5.85. The molecule has 1 fully saturated rings. The molecule has 1 heterocycles. The van der Waals surface area contributed by atoms with Gasteiger partial charge in [0.1, 0.15) is 11.5 Å². The molecule has 0 aliphatic carbocycles. The van der Waals surface area contributed by atoms with Crippen LogP contribution in [0.2, 0.25) is 0 Å². The molecule has 1 aliphatic rings. The highest BCUT2D eigenvalue weighted by Gasteiger charge is 2.16. The van der Waals surface area contributed by atoms with Crippen molar-refractivity contribution in [3.05, 3.63) is 23.8 Å². The lowest BCUT2D eigenvalue weighted by molar-refractivity contribution is 0.0768. The number of ether oxygens (including phenoxy) is 3. The van der Waals surface area contributed by atoms with Crippen LogP contribution >= 0.6 is 0 Å². The minimum atomic E-state index is 0.367. The second kappa shape index (κ2) is 5.89. The highest BCUT2D eigenvalue weighted by atomic mass is 16.5. The van der Waals surface area contributed by atoms with Crippen molar-refractivity contribution in [2.24, 2.45) is 0 Å². The number of benzene rings is 1. The van der Waals surface area contributed by atoms with E-state index in [2.05, 4.69) is 5.32 Å². The van der Waals surface area contributed by atoms with E-state index in [1.54, 1.807) is 14.2 Å². The molecule has 17 heavy (non-hydrogen) atoms. The number of hydrogen-bond donors (Lipinski definition) is 1. The highest BCUT2D eigenvalue weighted by molar-refractivity contribution is 5.41. The van der Waals surface area contributed by atoms with Crippen molar-refractivity contribution in [1.82, 2.24) is 5.32 Å². The second-order valence-electron chi connectivity index (χ2n) is 4.11. The average molecular weight is 237 g/mol. The molecule has 1 saturated heterocycles. The molecular weight excluding hydrogens is 218 g/mol. The molecule has 0 bridgehead atoms. The summed E-state index contributed by atoms with van der Waals surface area (Å²) in [5.41, 5.74) is 1.18. The van der Waals surface area contributed by atoms with E-state index in [4.69, 9.17) is 14.2 Å². The molecule has 1 atom stereocenters. The molecule has 0 amide bonds. The van der Waals surface area contributed by atoms with Crippen molar-refractivity contribution < 1.29 is 14.2 Å². The Morgan fingerprint density at radius 3 is 2.88 bits per heavy atom. The summed E-state index contributed by atoms with van der Waals surface area (Å²) in [5, 5.41) is 3.44. The first-order chi connectivity index (χ1) is 8.33. The van der Waals surface area contributed by atoms with Gasteiger partial charge < -0.3 is 19.5 Å². The lowest BCUT2D eigenvalue weighted by Crippen LogP contribution is -2.42. The maximum absolute atomic E-state index is 5.44. The minimum Gasteiger partial charge on any atom is -0.497 e. The van der Waals surface area contributed by atoms with Crippen molar-refractivity contribution in [3.63, 3.8) is 0 Å². The fourth-order valence-electron chi connectivity index (χ4n) is 2.04. The highest BCUT2D eigenvalue weighted by Crippen LogP contribution is 2.25. The SMILES string of the molecule is COc1ccc(CC2COCCN2)c(OC)c1. The molecule has 1 aromatic rings. The van der Waals surface area contributed by atoms with Gasteiger partial charge in [0, 0.05) is 18.7 Å². The summed E-state index contributed by atoms with van der Waals surface area (Å²) >= 11 is 0. The second-order valence-corrected chi connectivity index (χ2v) is 4.11. The number of rotatable bonds is 4. The molecule has 4 heteroatoms. The third-order valence-corrected chi connectivity index (χ3v) is 2.96. The lowest BCUT2D eigenvalue weighted by atomic mass is 10.0. The predicted octanol–water partition coefficient (Wildman–Crippen LogP) is 1.23.